The Bertz CT molecular complexity index is 2380. The van der Waals surface area contributed by atoms with Crippen molar-refractivity contribution in [3.63, 3.8) is 0 Å². The summed E-state index contributed by atoms with van der Waals surface area (Å²) in [6.07, 6.45) is 8.69. The molecule has 1 aromatic heterocycles. The van der Waals surface area contributed by atoms with Gasteiger partial charge in [-0.05, 0) is 64.9 Å². The number of aromatic nitrogens is 1. The van der Waals surface area contributed by atoms with Crippen molar-refractivity contribution in [3.05, 3.63) is 163 Å². The molecule has 45 heavy (non-hydrogen) atoms. The van der Waals surface area contributed by atoms with Crippen molar-refractivity contribution in [2.75, 3.05) is 4.90 Å². The van der Waals surface area contributed by atoms with Gasteiger partial charge in [-0.3, -0.25) is 9.47 Å². The average molecular weight is 577 g/mol. The first kappa shape index (κ1) is 24.6. The third-order valence-electron chi connectivity index (χ3n) is 9.64. The summed E-state index contributed by atoms with van der Waals surface area (Å²) in [5.74, 6) is 2.40. The maximum atomic E-state index is 6.51. The Morgan fingerprint density at radius 2 is 1.27 bits per heavy atom. The summed E-state index contributed by atoms with van der Waals surface area (Å²) < 4.78 is 8.93. The van der Waals surface area contributed by atoms with Crippen LogP contribution in [0.25, 0.3) is 49.6 Å². The van der Waals surface area contributed by atoms with Gasteiger partial charge in [0.05, 0.1) is 16.9 Å². The van der Waals surface area contributed by atoms with E-state index in [1.54, 1.807) is 0 Å². The summed E-state index contributed by atoms with van der Waals surface area (Å²) in [5, 5.41) is 3.68. The first-order valence-electron chi connectivity index (χ1n) is 15.6. The van der Waals surface area contributed by atoms with E-state index in [9.17, 15) is 0 Å². The third-order valence-corrected chi connectivity index (χ3v) is 9.64. The van der Waals surface area contributed by atoms with E-state index in [0.717, 1.165) is 28.4 Å². The average Bonchev–Trinajstić information content (AvgIpc) is 3.64. The Morgan fingerprint density at radius 3 is 2.16 bits per heavy atom. The highest BCUT2D eigenvalue weighted by Gasteiger charge is 2.34. The van der Waals surface area contributed by atoms with Crippen molar-refractivity contribution < 1.29 is 4.74 Å². The lowest BCUT2D eigenvalue weighted by atomic mass is 9.90. The van der Waals surface area contributed by atoms with Crippen LogP contribution in [0.1, 0.15) is 11.5 Å². The highest BCUT2D eigenvalue weighted by atomic mass is 16.5. The molecule has 0 saturated carbocycles. The van der Waals surface area contributed by atoms with Crippen LogP contribution in [0.15, 0.2) is 158 Å². The molecule has 3 aliphatic rings. The minimum absolute atomic E-state index is 0.0670. The number of hydrogen-bond donors (Lipinski definition) is 0. The molecule has 10 rings (SSSR count). The number of allylic oxidation sites excluding steroid dienone is 2. The van der Waals surface area contributed by atoms with Gasteiger partial charge in [0, 0.05) is 39.2 Å². The molecule has 0 bridgehead atoms. The fourth-order valence-corrected chi connectivity index (χ4v) is 7.56. The van der Waals surface area contributed by atoms with Crippen LogP contribution in [0.3, 0.4) is 0 Å². The Labute approximate surface area is 261 Å². The Kier molecular flexibility index (Phi) is 5.11. The molecule has 1 aliphatic carbocycles. The maximum absolute atomic E-state index is 6.51. The zero-order valence-electron chi connectivity index (χ0n) is 24.5. The van der Waals surface area contributed by atoms with Crippen molar-refractivity contribution in [3.8, 4) is 33.7 Å². The minimum Gasteiger partial charge on any atom is -0.484 e. The Morgan fingerprint density at radius 1 is 0.533 bits per heavy atom. The van der Waals surface area contributed by atoms with Crippen LogP contribution >= 0.6 is 0 Å². The van der Waals surface area contributed by atoms with Crippen LogP contribution in [-0.4, -0.2) is 10.7 Å². The molecule has 2 unspecified atom stereocenters. The Hall–Kier alpha value is -5.80. The fourth-order valence-electron chi connectivity index (χ4n) is 7.56. The number of benzene rings is 6. The van der Waals surface area contributed by atoms with E-state index in [2.05, 4.69) is 167 Å². The molecule has 2 atom stereocenters. The van der Waals surface area contributed by atoms with Crippen LogP contribution in [0.4, 0.5) is 17.2 Å². The lowest BCUT2D eigenvalue weighted by Crippen LogP contribution is -2.15. The number of hydrogen-bond acceptors (Lipinski definition) is 2. The standard InChI is InChI=1S/C42H28N2O/c1-2-11-29-25-39-36(24-28(29)10-1)33-13-4-7-18-38(33)44-37-17-6-3-12-30(37)26-41(44)43(39)31-22-20-27(21-23-31)32-15-9-16-35-34-14-5-8-19-40(34)45-42(32)35/h1-26,34,40H. The first-order chi connectivity index (χ1) is 22.3. The molecule has 0 fully saturated rings. The van der Waals surface area contributed by atoms with Crippen molar-refractivity contribution in [2.24, 2.45) is 0 Å². The summed E-state index contributed by atoms with van der Waals surface area (Å²) in [7, 11) is 0. The van der Waals surface area contributed by atoms with Crippen LogP contribution in [0, 0.1) is 0 Å². The van der Waals surface area contributed by atoms with E-state index in [1.807, 2.05) is 0 Å². The zero-order valence-corrected chi connectivity index (χ0v) is 24.5. The number of rotatable bonds is 2. The summed E-state index contributed by atoms with van der Waals surface area (Å²) in [4.78, 5) is 2.43. The van der Waals surface area contributed by atoms with Gasteiger partial charge in [-0.2, -0.15) is 0 Å². The molecule has 3 heteroatoms. The number of para-hydroxylation sites is 3. The van der Waals surface area contributed by atoms with Crippen LogP contribution in [-0.2, 0) is 0 Å². The van der Waals surface area contributed by atoms with Gasteiger partial charge in [-0.15, -0.1) is 0 Å². The number of ether oxygens (including phenoxy) is 1. The molecule has 0 saturated heterocycles. The summed E-state index contributed by atoms with van der Waals surface area (Å²) in [5.41, 5.74) is 10.7. The predicted molar refractivity (Wildman–Crippen MR) is 185 cm³/mol. The lowest BCUT2D eigenvalue weighted by molar-refractivity contribution is 0.270. The van der Waals surface area contributed by atoms with Gasteiger partial charge >= 0.3 is 0 Å². The van der Waals surface area contributed by atoms with Crippen molar-refractivity contribution in [1.82, 2.24) is 4.57 Å². The van der Waals surface area contributed by atoms with Gasteiger partial charge in [0.1, 0.15) is 17.7 Å². The second-order valence-corrected chi connectivity index (χ2v) is 12.1. The van der Waals surface area contributed by atoms with Crippen LogP contribution in [0.2, 0.25) is 0 Å². The van der Waals surface area contributed by atoms with Gasteiger partial charge in [-0.1, -0.05) is 109 Å². The molecule has 0 spiro atoms. The predicted octanol–water partition coefficient (Wildman–Crippen LogP) is 10.9. The molecule has 6 aromatic carbocycles. The molecule has 2 aliphatic heterocycles. The smallest absolute Gasteiger partial charge is 0.132 e. The van der Waals surface area contributed by atoms with Crippen LogP contribution < -0.4 is 9.64 Å². The van der Waals surface area contributed by atoms with E-state index in [4.69, 9.17) is 4.74 Å². The molecule has 212 valence electrons. The second-order valence-electron chi connectivity index (χ2n) is 12.1. The normalized spacial score (nSPS) is 17.3. The monoisotopic (exact) mass is 576 g/mol. The van der Waals surface area contributed by atoms with E-state index >= 15 is 0 Å². The first-order valence-corrected chi connectivity index (χ1v) is 15.6. The molecule has 3 nitrogen and oxygen atoms in total. The highest BCUT2D eigenvalue weighted by molar-refractivity contribution is 6.03. The number of nitrogens with zero attached hydrogens (tertiary/aromatic N) is 2. The van der Waals surface area contributed by atoms with Crippen molar-refractivity contribution in [2.45, 2.75) is 12.0 Å². The van der Waals surface area contributed by atoms with Gasteiger partial charge < -0.3 is 4.74 Å². The van der Waals surface area contributed by atoms with Crippen molar-refractivity contribution in [1.29, 1.82) is 0 Å². The fraction of sp³-hybridized carbons (Fsp3) is 0.0476. The third kappa shape index (κ3) is 3.58. The van der Waals surface area contributed by atoms with Gasteiger partial charge in [0.2, 0.25) is 0 Å². The van der Waals surface area contributed by atoms with E-state index in [1.165, 1.54) is 49.7 Å². The van der Waals surface area contributed by atoms with Crippen LogP contribution in [0.5, 0.6) is 5.75 Å². The quantitative estimate of drug-likeness (QED) is 0.204. The lowest BCUT2D eigenvalue weighted by Gasteiger charge is -2.26. The molecule has 7 aromatic rings. The van der Waals surface area contributed by atoms with Crippen molar-refractivity contribution >= 4 is 38.9 Å². The van der Waals surface area contributed by atoms with E-state index in [0.29, 0.717) is 0 Å². The second kappa shape index (κ2) is 9.35. The molecule has 0 amide bonds. The SMILES string of the molecule is C1=CC2Oc3c(-c4ccc(N5c6cc7ccccc7cc6-c6ccccc6-n6c5cc5ccccc56)cc4)cccc3C2C=C1. The minimum atomic E-state index is 0.0670. The molecule has 3 heterocycles. The topological polar surface area (TPSA) is 17.4 Å². The van der Waals surface area contributed by atoms with Gasteiger partial charge in [-0.25, -0.2) is 0 Å². The summed E-state index contributed by atoms with van der Waals surface area (Å²) in [6, 6.07) is 48.7. The van der Waals surface area contributed by atoms with Gasteiger partial charge in [0.15, 0.2) is 0 Å². The zero-order chi connectivity index (χ0) is 29.5. The largest absolute Gasteiger partial charge is 0.484 e. The van der Waals surface area contributed by atoms with E-state index < -0.39 is 0 Å². The molecular weight excluding hydrogens is 548 g/mol. The highest BCUT2D eigenvalue weighted by Crippen LogP contribution is 2.51. The number of fused-ring (bicyclic) bond motifs is 11. The van der Waals surface area contributed by atoms with E-state index in [-0.39, 0.29) is 12.0 Å². The maximum Gasteiger partial charge on any atom is 0.132 e. The summed E-state index contributed by atoms with van der Waals surface area (Å²) >= 11 is 0. The number of anilines is 3. The molecule has 0 radical (unpaired) electrons. The Balaban J connectivity index is 1.19. The summed E-state index contributed by atoms with van der Waals surface area (Å²) in [6.45, 7) is 0. The van der Waals surface area contributed by atoms with Gasteiger partial charge in [0.25, 0.3) is 0 Å². The molecular formula is C42H28N2O. The molecule has 0 N–H and O–H groups in total.